The third-order valence-corrected chi connectivity index (χ3v) is 7.99. The zero-order valence-electron chi connectivity index (χ0n) is 12.9. The Kier molecular flexibility index (Phi) is 3.20. The van der Waals surface area contributed by atoms with Crippen molar-refractivity contribution in [3.8, 4) is 0 Å². The molecule has 0 amide bonds. The first kappa shape index (κ1) is 13.6. The van der Waals surface area contributed by atoms with Crippen LogP contribution in [0.25, 0.3) is 0 Å². The molecule has 4 rings (SSSR count). The number of hydrogen-bond acceptors (Lipinski definition) is 2. The van der Waals surface area contributed by atoms with Crippen LogP contribution < -0.4 is 5.73 Å². The van der Waals surface area contributed by atoms with Gasteiger partial charge in [0.1, 0.15) is 0 Å². The van der Waals surface area contributed by atoms with Crippen molar-refractivity contribution in [1.29, 1.82) is 0 Å². The van der Waals surface area contributed by atoms with E-state index in [0.717, 1.165) is 30.1 Å². The zero-order valence-corrected chi connectivity index (χ0v) is 12.9. The van der Waals surface area contributed by atoms with E-state index in [1.807, 2.05) is 0 Å². The number of fused-ring (bicyclic) bond motifs is 5. The van der Waals surface area contributed by atoms with Crippen molar-refractivity contribution < 1.29 is 5.11 Å². The molecule has 4 saturated carbocycles. The highest BCUT2D eigenvalue weighted by atomic mass is 16.3. The molecule has 4 fully saturated rings. The molecule has 0 saturated heterocycles. The molecule has 114 valence electrons. The normalized spacial score (nSPS) is 58.6. The molecule has 20 heavy (non-hydrogen) atoms. The van der Waals surface area contributed by atoms with Gasteiger partial charge in [0.05, 0.1) is 6.10 Å². The minimum atomic E-state index is 0.000910. The maximum absolute atomic E-state index is 10.6. The lowest BCUT2D eigenvalue weighted by atomic mass is 9.50. The second-order valence-corrected chi connectivity index (χ2v) is 8.58. The van der Waals surface area contributed by atoms with Crippen molar-refractivity contribution in [2.45, 2.75) is 76.9 Å². The Labute approximate surface area is 123 Å². The van der Waals surface area contributed by atoms with E-state index >= 15 is 0 Å². The molecule has 0 aromatic heterocycles. The van der Waals surface area contributed by atoms with Gasteiger partial charge in [0.2, 0.25) is 0 Å². The first-order chi connectivity index (χ1) is 9.61. The van der Waals surface area contributed by atoms with E-state index in [0.29, 0.717) is 17.4 Å². The highest BCUT2D eigenvalue weighted by molar-refractivity contribution is 5.07. The molecule has 0 heterocycles. The molecule has 8 atom stereocenters. The molecular formula is C18H31NO. The third-order valence-electron chi connectivity index (χ3n) is 7.99. The van der Waals surface area contributed by atoms with Crippen molar-refractivity contribution in [3.63, 3.8) is 0 Å². The van der Waals surface area contributed by atoms with Crippen LogP contribution >= 0.6 is 0 Å². The van der Waals surface area contributed by atoms with Crippen molar-refractivity contribution in [3.05, 3.63) is 0 Å². The summed E-state index contributed by atoms with van der Waals surface area (Å²) in [5.74, 6) is 4.00. The highest BCUT2D eigenvalue weighted by Crippen LogP contribution is 2.62. The second-order valence-electron chi connectivity index (χ2n) is 8.58. The number of aliphatic hydroxyl groups is 1. The zero-order chi connectivity index (χ0) is 13.9. The summed E-state index contributed by atoms with van der Waals surface area (Å²) in [6.45, 7) is 2.47. The lowest BCUT2D eigenvalue weighted by Crippen LogP contribution is -2.53. The number of aliphatic hydroxyl groups excluding tert-OH is 1. The van der Waals surface area contributed by atoms with Crippen LogP contribution in [0.4, 0.5) is 0 Å². The second kappa shape index (κ2) is 4.71. The van der Waals surface area contributed by atoms with E-state index in [9.17, 15) is 5.11 Å². The predicted molar refractivity (Wildman–Crippen MR) is 81.1 cm³/mol. The van der Waals surface area contributed by atoms with E-state index < -0.39 is 0 Å². The molecule has 4 aliphatic carbocycles. The topological polar surface area (TPSA) is 46.2 Å². The Balaban J connectivity index is 1.61. The minimum Gasteiger partial charge on any atom is -0.393 e. The molecule has 0 aromatic carbocycles. The molecule has 0 aromatic rings. The van der Waals surface area contributed by atoms with Crippen LogP contribution in [0.1, 0.15) is 64.7 Å². The van der Waals surface area contributed by atoms with Gasteiger partial charge in [0, 0.05) is 6.04 Å². The van der Waals surface area contributed by atoms with E-state index in [-0.39, 0.29) is 6.10 Å². The SMILES string of the molecule is C[C@]12CC[C@@H]3[C@H]4C(O)CCCC4CC[C@H]3[C@@H]1CCC2N. The molecule has 0 spiro atoms. The van der Waals surface area contributed by atoms with E-state index in [1.165, 1.54) is 51.4 Å². The lowest BCUT2D eigenvalue weighted by molar-refractivity contribution is -0.0992. The van der Waals surface area contributed by atoms with Gasteiger partial charge in [-0.2, -0.15) is 0 Å². The summed E-state index contributed by atoms with van der Waals surface area (Å²) in [6.07, 6.45) is 11.7. The average Bonchev–Trinajstić information content (AvgIpc) is 2.75. The summed E-state index contributed by atoms with van der Waals surface area (Å²) < 4.78 is 0. The monoisotopic (exact) mass is 277 g/mol. The summed E-state index contributed by atoms with van der Waals surface area (Å²) in [5.41, 5.74) is 6.87. The Morgan fingerprint density at radius 2 is 1.80 bits per heavy atom. The Morgan fingerprint density at radius 3 is 2.65 bits per heavy atom. The van der Waals surface area contributed by atoms with Crippen LogP contribution in [-0.2, 0) is 0 Å². The number of rotatable bonds is 0. The van der Waals surface area contributed by atoms with Crippen LogP contribution in [0.15, 0.2) is 0 Å². The molecule has 0 radical (unpaired) electrons. The summed E-state index contributed by atoms with van der Waals surface area (Å²) in [6, 6.07) is 0.433. The van der Waals surface area contributed by atoms with Gasteiger partial charge in [-0.05, 0) is 86.4 Å². The fraction of sp³-hybridized carbons (Fsp3) is 1.00. The molecule has 3 N–H and O–H groups in total. The van der Waals surface area contributed by atoms with Crippen molar-refractivity contribution in [2.24, 2.45) is 40.7 Å². The fourth-order valence-corrected chi connectivity index (χ4v) is 6.92. The van der Waals surface area contributed by atoms with Crippen molar-refractivity contribution in [1.82, 2.24) is 0 Å². The fourth-order valence-electron chi connectivity index (χ4n) is 6.92. The molecular weight excluding hydrogens is 246 g/mol. The van der Waals surface area contributed by atoms with Gasteiger partial charge in [-0.3, -0.25) is 0 Å². The summed E-state index contributed by atoms with van der Waals surface area (Å²) >= 11 is 0. The van der Waals surface area contributed by atoms with E-state index in [1.54, 1.807) is 0 Å². The molecule has 0 bridgehead atoms. The van der Waals surface area contributed by atoms with Gasteiger partial charge in [-0.15, -0.1) is 0 Å². The van der Waals surface area contributed by atoms with Gasteiger partial charge in [-0.1, -0.05) is 13.3 Å². The van der Waals surface area contributed by atoms with Crippen molar-refractivity contribution >= 4 is 0 Å². The van der Waals surface area contributed by atoms with Crippen LogP contribution in [0.5, 0.6) is 0 Å². The molecule has 4 aliphatic rings. The maximum atomic E-state index is 10.6. The average molecular weight is 277 g/mol. The largest absolute Gasteiger partial charge is 0.393 e. The molecule has 3 unspecified atom stereocenters. The Hall–Kier alpha value is -0.0800. The number of hydrogen-bond donors (Lipinski definition) is 2. The highest BCUT2D eigenvalue weighted by Gasteiger charge is 2.56. The van der Waals surface area contributed by atoms with Gasteiger partial charge in [0.25, 0.3) is 0 Å². The molecule has 0 aliphatic heterocycles. The Bertz CT molecular complexity index is 382. The standard InChI is InChI=1S/C18H31NO/c1-18-10-9-13-12(14(18)7-8-16(18)19)6-5-11-3-2-4-15(20)17(11)13/h11-17,20H,2-10,19H2,1H3/t11?,12-,13+,14+,15?,16?,17+,18+/m1/s1. The van der Waals surface area contributed by atoms with Crippen molar-refractivity contribution in [2.75, 3.05) is 0 Å². The van der Waals surface area contributed by atoms with Gasteiger partial charge in [0.15, 0.2) is 0 Å². The third kappa shape index (κ3) is 1.76. The lowest BCUT2D eigenvalue weighted by Gasteiger charge is -2.56. The van der Waals surface area contributed by atoms with Gasteiger partial charge < -0.3 is 10.8 Å². The maximum Gasteiger partial charge on any atom is 0.0573 e. The molecule has 2 nitrogen and oxygen atoms in total. The summed E-state index contributed by atoms with van der Waals surface area (Å²) in [7, 11) is 0. The minimum absolute atomic E-state index is 0.000910. The van der Waals surface area contributed by atoms with Crippen LogP contribution in [0, 0.1) is 35.0 Å². The van der Waals surface area contributed by atoms with E-state index in [4.69, 9.17) is 5.73 Å². The number of nitrogens with two attached hydrogens (primary N) is 1. The van der Waals surface area contributed by atoms with Gasteiger partial charge in [-0.25, -0.2) is 0 Å². The van der Waals surface area contributed by atoms with Crippen LogP contribution in [0.2, 0.25) is 0 Å². The first-order valence-corrected chi connectivity index (χ1v) is 9.05. The first-order valence-electron chi connectivity index (χ1n) is 9.05. The molecule has 2 heteroatoms. The van der Waals surface area contributed by atoms with Crippen LogP contribution in [0.3, 0.4) is 0 Å². The quantitative estimate of drug-likeness (QED) is 0.713. The Morgan fingerprint density at radius 1 is 0.950 bits per heavy atom. The summed E-state index contributed by atoms with van der Waals surface area (Å²) in [4.78, 5) is 0. The van der Waals surface area contributed by atoms with E-state index in [2.05, 4.69) is 6.92 Å². The smallest absolute Gasteiger partial charge is 0.0573 e. The van der Waals surface area contributed by atoms with Crippen LogP contribution in [-0.4, -0.2) is 17.3 Å². The summed E-state index contributed by atoms with van der Waals surface area (Å²) in [5, 5.41) is 10.6. The van der Waals surface area contributed by atoms with Gasteiger partial charge >= 0.3 is 0 Å². The predicted octanol–water partition coefficient (Wildman–Crippen LogP) is 3.33.